The topological polar surface area (TPSA) is 33.3 Å². The van der Waals surface area contributed by atoms with Gasteiger partial charge in [0, 0.05) is 7.05 Å². The lowest BCUT2D eigenvalue weighted by atomic mass is 10.2. The molecule has 2 rings (SSSR count). The maximum atomic E-state index is 13.5. The van der Waals surface area contributed by atoms with Crippen LogP contribution in [-0.2, 0) is 0 Å². The van der Waals surface area contributed by atoms with Crippen molar-refractivity contribution in [1.82, 2.24) is 5.43 Å². The molecule has 2 N–H and O–H groups in total. The van der Waals surface area contributed by atoms with Crippen LogP contribution in [0, 0.1) is 18.6 Å². The first-order chi connectivity index (χ1) is 9.11. The minimum atomic E-state index is -0.988. The molecule has 0 fully saturated rings. The summed E-state index contributed by atoms with van der Waals surface area (Å²) >= 11 is 0. The molecule has 2 aromatic carbocycles. The number of nitrogens with one attached hydrogen (secondary N) is 2. The third-order valence-corrected chi connectivity index (χ3v) is 2.60. The van der Waals surface area contributed by atoms with Gasteiger partial charge in [-0.1, -0.05) is 6.07 Å². The maximum Gasteiger partial charge on any atom is 0.201 e. The molecule has 0 bridgehead atoms. The van der Waals surface area contributed by atoms with Crippen LogP contribution >= 0.6 is 0 Å². The summed E-state index contributed by atoms with van der Waals surface area (Å²) in [6.45, 7) is 1.88. The Morgan fingerprint density at radius 3 is 2.58 bits per heavy atom. The van der Waals surface area contributed by atoms with Gasteiger partial charge in [0.05, 0.1) is 5.69 Å². The summed E-state index contributed by atoms with van der Waals surface area (Å²) in [6.07, 6.45) is 0. The molecule has 19 heavy (non-hydrogen) atoms. The van der Waals surface area contributed by atoms with Crippen molar-refractivity contribution in [2.75, 3.05) is 12.5 Å². The lowest BCUT2D eigenvalue weighted by molar-refractivity contribution is 0.416. The van der Waals surface area contributed by atoms with Crippen LogP contribution in [0.5, 0.6) is 11.5 Å². The standard InChI is InChI=1S/C14H14F2N2O/c1-9-8-10(6-7-12(9)18-17-2)19-13-5-3-4-11(15)14(13)16/h3-8,17-18H,1-2H3. The molecule has 5 heteroatoms. The number of anilines is 1. The predicted molar refractivity (Wildman–Crippen MR) is 70.3 cm³/mol. The van der Waals surface area contributed by atoms with Gasteiger partial charge in [-0.15, -0.1) is 0 Å². The molecule has 0 aliphatic rings. The Labute approximate surface area is 110 Å². The average molecular weight is 264 g/mol. The molecule has 0 saturated heterocycles. The summed E-state index contributed by atoms with van der Waals surface area (Å²) in [5.41, 5.74) is 7.56. The Kier molecular flexibility index (Phi) is 3.97. The smallest absolute Gasteiger partial charge is 0.201 e. The number of ether oxygens (including phenoxy) is 1. The largest absolute Gasteiger partial charge is 0.454 e. The summed E-state index contributed by atoms with van der Waals surface area (Å²) in [5, 5.41) is 0. The zero-order chi connectivity index (χ0) is 13.8. The first-order valence-corrected chi connectivity index (χ1v) is 5.77. The Morgan fingerprint density at radius 1 is 1.11 bits per heavy atom. The Morgan fingerprint density at radius 2 is 1.89 bits per heavy atom. The van der Waals surface area contributed by atoms with Crippen molar-refractivity contribution in [1.29, 1.82) is 0 Å². The van der Waals surface area contributed by atoms with Gasteiger partial charge in [-0.05, 0) is 42.8 Å². The molecule has 100 valence electrons. The molecule has 0 heterocycles. The molecule has 3 nitrogen and oxygen atoms in total. The van der Waals surface area contributed by atoms with Crippen LogP contribution in [0.4, 0.5) is 14.5 Å². The van der Waals surface area contributed by atoms with Gasteiger partial charge in [-0.2, -0.15) is 4.39 Å². The van der Waals surface area contributed by atoms with Crippen LogP contribution in [0.1, 0.15) is 5.56 Å². The number of hydrogen-bond acceptors (Lipinski definition) is 3. The molecule has 0 amide bonds. The van der Waals surface area contributed by atoms with Crippen LogP contribution in [0.15, 0.2) is 36.4 Å². The third kappa shape index (κ3) is 3.00. The van der Waals surface area contributed by atoms with Gasteiger partial charge in [0.1, 0.15) is 5.75 Å². The fraction of sp³-hybridized carbons (Fsp3) is 0.143. The second kappa shape index (κ2) is 5.67. The van der Waals surface area contributed by atoms with Crippen LogP contribution in [-0.4, -0.2) is 7.05 Å². The first kappa shape index (κ1) is 13.3. The number of rotatable bonds is 4. The molecule has 0 aliphatic heterocycles. The van der Waals surface area contributed by atoms with Crippen LogP contribution in [0.25, 0.3) is 0 Å². The molecule has 0 saturated carbocycles. The summed E-state index contributed by atoms with van der Waals surface area (Å²) in [4.78, 5) is 0. The minimum Gasteiger partial charge on any atom is -0.454 e. The molecule has 0 spiro atoms. The van der Waals surface area contributed by atoms with E-state index in [0.717, 1.165) is 17.3 Å². The Balaban J connectivity index is 2.24. The molecule has 0 unspecified atom stereocenters. The predicted octanol–water partition coefficient (Wildman–Crippen LogP) is 3.61. The van der Waals surface area contributed by atoms with Gasteiger partial charge in [0.15, 0.2) is 11.6 Å². The lowest BCUT2D eigenvalue weighted by Gasteiger charge is -2.11. The van der Waals surface area contributed by atoms with Crippen molar-refractivity contribution in [2.24, 2.45) is 0 Å². The zero-order valence-electron chi connectivity index (χ0n) is 10.6. The van der Waals surface area contributed by atoms with Crippen LogP contribution in [0.3, 0.4) is 0 Å². The highest BCUT2D eigenvalue weighted by molar-refractivity contribution is 5.53. The van der Waals surface area contributed by atoms with E-state index in [2.05, 4.69) is 10.9 Å². The third-order valence-electron chi connectivity index (χ3n) is 2.60. The van der Waals surface area contributed by atoms with Crippen molar-refractivity contribution < 1.29 is 13.5 Å². The SMILES string of the molecule is CNNc1ccc(Oc2cccc(F)c2F)cc1C. The highest BCUT2D eigenvalue weighted by Gasteiger charge is 2.10. The van der Waals surface area contributed by atoms with E-state index < -0.39 is 11.6 Å². The van der Waals surface area contributed by atoms with Crippen LogP contribution < -0.4 is 15.6 Å². The van der Waals surface area contributed by atoms with E-state index >= 15 is 0 Å². The van der Waals surface area contributed by atoms with Crippen LogP contribution in [0.2, 0.25) is 0 Å². The van der Waals surface area contributed by atoms with Gasteiger partial charge in [-0.3, -0.25) is 0 Å². The minimum absolute atomic E-state index is 0.131. The molecular weight excluding hydrogens is 250 g/mol. The van der Waals surface area contributed by atoms with E-state index in [0.29, 0.717) is 5.75 Å². The van der Waals surface area contributed by atoms with E-state index in [-0.39, 0.29) is 5.75 Å². The first-order valence-electron chi connectivity index (χ1n) is 5.77. The van der Waals surface area contributed by atoms with E-state index in [1.165, 1.54) is 12.1 Å². The van der Waals surface area contributed by atoms with Gasteiger partial charge >= 0.3 is 0 Å². The molecule has 0 aliphatic carbocycles. The van der Waals surface area contributed by atoms with E-state index in [9.17, 15) is 8.78 Å². The molecule has 2 aromatic rings. The molecule has 0 radical (unpaired) electrons. The number of halogens is 2. The Bertz CT molecular complexity index is 588. The summed E-state index contributed by atoms with van der Waals surface area (Å²) in [5.74, 6) is -1.60. The second-order valence-corrected chi connectivity index (χ2v) is 4.01. The number of hydrazine groups is 1. The van der Waals surface area contributed by atoms with Crippen molar-refractivity contribution >= 4 is 5.69 Å². The van der Waals surface area contributed by atoms with Gasteiger partial charge < -0.3 is 10.2 Å². The van der Waals surface area contributed by atoms with E-state index in [4.69, 9.17) is 4.74 Å². The molecule has 0 atom stereocenters. The van der Waals surface area contributed by atoms with Crippen molar-refractivity contribution in [3.05, 3.63) is 53.6 Å². The summed E-state index contributed by atoms with van der Waals surface area (Å²) in [6, 6.07) is 9.04. The summed E-state index contributed by atoms with van der Waals surface area (Å²) in [7, 11) is 1.76. The fourth-order valence-corrected chi connectivity index (χ4v) is 1.66. The quantitative estimate of drug-likeness (QED) is 0.828. The maximum absolute atomic E-state index is 13.5. The fourth-order valence-electron chi connectivity index (χ4n) is 1.66. The number of hydrogen-bond donors (Lipinski definition) is 2. The normalized spacial score (nSPS) is 10.3. The number of aryl methyl sites for hydroxylation is 1. The Hall–Kier alpha value is -2.14. The second-order valence-electron chi connectivity index (χ2n) is 4.01. The van der Waals surface area contributed by atoms with Gasteiger partial charge in [-0.25, -0.2) is 9.82 Å². The molecular formula is C14H14F2N2O. The van der Waals surface area contributed by atoms with E-state index in [1.54, 1.807) is 25.2 Å². The molecule has 0 aromatic heterocycles. The highest BCUT2D eigenvalue weighted by atomic mass is 19.2. The van der Waals surface area contributed by atoms with Crippen molar-refractivity contribution in [3.8, 4) is 11.5 Å². The van der Waals surface area contributed by atoms with E-state index in [1.807, 2.05) is 6.92 Å². The van der Waals surface area contributed by atoms with Crippen molar-refractivity contribution in [3.63, 3.8) is 0 Å². The number of benzene rings is 2. The lowest BCUT2D eigenvalue weighted by Crippen LogP contribution is -2.15. The van der Waals surface area contributed by atoms with Gasteiger partial charge in [0.25, 0.3) is 0 Å². The highest BCUT2D eigenvalue weighted by Crippen LogP contribution is 2.28. The van der Waals surface area contributed by atoms with Crippen molar-refractivity contribution in [2.45, 2.75) is 6.92 Å². The average Bonchev–Trinajstić information content (AvgIpc) is 2.38. The zero-order valence-corrected chi connectivity index (χ0v) is 10.6. The van der Waals surface area contributed by atoms with Gasteiger partial charge in [0.2, 0.25) is 5.82 Å². The monoisotopic (exact) mass is 264 g/mol. The summed E-state index contributed by atoms with van der Waals surface area (Å²) < 4.78 is 31.9.